The molecule has 2 heterocycles. The van der Waals surface area contributed by atoms with Crippen molar-refractivity contribution in [1.82, 2.24) is 14.8 Å². The van der Waals surface area contributed by atoms with Crippen LogP contribution in [-0.2, 0) is 16.0 Å². The molecule has 41 heavy (non-hydrogen) atoms. The largest absolute Gasteiger partial charge is 0.496 e. The molecule has 1 aliphatic rings. The number of carbonyl (C=O) groups excluding carboxylic acids is 2. The van der Waals surface area contributed by atoms with E-state index >= 15 is 0 Å². The summed E-state index contributed by atoms with van der Waals surface area (Å²) in [6.45, 7) is 7.93. The van der Waals surface area contributed by atoms with E-state index in [1.807, 2.05) is 17.9 Å². The molecule has 0 aliphatic carbocycles. The van der Waals surface area contributed by atoms with E-state index in [0.29, 0.717) is 28.9 Å². The molecule has 2 atom stereocenters. The number of carbonyl (C=O) groups is 2. The zero-order valence-corrected chi connectivity index (χ0v) is 24.1. The number of alkyl halides is 3. The standard InChI is InChI=1S/C30H36F3N3O5/c1-18-15-24(39-5)22(21-11-13-36(26(18)21)28(38)41-29(2,3)4)17-35-14-12-34-25(30(31,32)33)16-23(35)19-7-9-20(10-8-19)27(37)40-6/h7-11,13,15,23,25,34H,12,14,16-17H2,1-6H3. The van der Waals surface area contributed by atoms with Crippen LogP contribution in [-0.4, -0.2) is 66.7 Å². The van der Waals surface area contributed by atoms with Crippen molar-refractivity contribution in [2.45, 2.75) is 64.5 Å². The number of esters is 1. The van der Waals surface area contributed by atoms with Crippen LogP contribution in [0.5, 0.6) is 5.75 Å². The molecule has 0 radical (unpaired) electrons. The minimum absolute atomic E-state index is 0.122. The first-order chi connectivity index (χ1) is 19.2. The van der Waals surface area contributed by atoms with E-state index in [2.05, 4.69) is 5.32 Å². The zero-order valence-electron chi connectivity index (χ0n) is 24.1. The molecule has 2 aromatic carbocycles. The molecule has 0 bridgehead atoms. The third kappa shape index (κ3) is 6.68. The van der Waals surface area contributed by atoms with Crippen molar-refractivity contribution in [3.63, 3.8) is 0 Å². The molecule has 1 N–H and O–H groups in total. The highest BCUT2D eigenvalue weighted by atomic mass is 19.4. The third-order valence-electron chi connectivity index (χ3n) is 7.20. The van der Waals surface area contributed by atoms with Gasteiger partial charge in [0.05, 0.1) is 25.3 Å². The lowest BCUT2D eigenvalue weighted by molar-refractivity contribution is -0.158. The second-order valence-corrected chi connectivity index (χ2v) is 11.2. The average Bonchev–Trinajstić information content (AvgIpc) is 3.24. The van der Waals surface area contributed by atoms with E-state index in [9.17, 15) is 22.8 Å². The van der Waals surface area contributed by atoms with Gasteiger partial charge in [0.2, 0.25) is 0 Å². The van der Waals surface area contributed by atoms with Crippen LogP contribution >= 0.6 is 0 Å². The zero-order chi connectivity index (χ0) is 30.1. The Kier molecular flexibility index (Phi) is 8.70. The Bertz CT molecular complexity index is 1410. The Morgan fingerprint density at radius 3 is 2.34 bits per heavy atom. The van der Waals surface area contributed by atoms with Gasteiger partial charge in [-0.3, -0.25) is 9.47 Å². The maximum Gasteiger partial charge on any atom is 0.419 e. The van der Waals surface area contributed by atoms with Crippen LogP contribution in [0.25, 0.3) is 10.9 Å². The minimum atomic E-state index is -4.43. The van der Waals surface area contributed by atoms with Crippen LogP contribution < -0.4 is 10.1 Å². The van der Waals surface area contributed by atoms with Gasteiger partial charge >= 0.3 is 18.2 Å². The van der Waals surface area contributed by atoms with Gasteiger partial charge in [-0.2, -0.15) is 13.2 Å². The summed E-state index contributed by atoms with van der Waals surface area (Å²) < 4.78 is 59.4. The smallest absolute Gasteiger partial charge is 0.419 e. The SMILES string of the molecule is COC(=O)c1ccc(C2CC(C(F)(F)F)NCCN2Cc2c(OC)cc(C)c3c2ccn3C(=O)OC(C)(C)C)cc1. The van der Waals surface area contributed by atoms with E-state index in [0.717, 1.165) is 16.5 Å². The maximum atomic E-state index is 13.9. The monoisotopic (exact) mass is 575 g/mol. The number of aromatic nitrogens is 1. The topological polar surface area (TPSA) is 82.0 Å². The highest BCUT2D eigenvalue weighted by molar-refractivity contribution is 5.95. The molecule has 11 heteroatoms. The number of hydrogen-bond donors (Lipinski definition) is 1. The van der Waals surface area contributed by atoms with Gasteiger partial charge in [-0.05, 0) is 69.5 Å². The summed E-state index contributed by atoms with van der Waals surface area (Å²) in [5, 5.41) is 3.40. The summed E-state index contributed by atoms with van der Waals surface area (Å²) in [4.78, 5) is 26.9. The number of ether oxygens (including phenoxy) is 3. The lowest BCUT2D eigenvalue weighted by Crippen LogP contribution is -2.42. The fraction of sp³-hybridized carbons (Fsp3) is 0.467. The first-order valence-electron chi connectivity index (χ1n) is 13.4. The van der Waals surface area contributed by atoms with E-state index in [1.165, 1.54) is 11.7 Å². The molecular formula is C30H36F3N3O5. The number of hydrogen-bond acceptors (Lipinski definition) is 7. The highest BCUT2D eigenvalue weighted by Crippen LogP contribution is 2.38. The molecule has 4 rings (SSSR count). The van der Waals surface area contributed by atoms with E-state index in [4.69, 9.17) is 14.2 Å². The molecule has 0 spiro atoms. The summed E-state index contributed by atoms with van der Waals surface area (Å²) in [5.41, 5.74) is 2.45. The number of benzene rings is 2. The summed E-state index contributed by atoms with van der Waals surface area (Å²) in [6, 6.07) is 7.76. The predicted molar refractivity (Wildman–Crippen MR) is 148 cm³/mol. The van der Waals surface area contributed by atoms with Crippen molar-refractivity contribution in [3.8, 4) is 5.75 Å². The van der Waals surface area contributed by atoms with Gasteiger partial charge in [0.1, 0.15) is 17.4 Å². The summed E-state index contributed by atoms with van der Waals surface area (Å²) in [7, 11) is 2.82. The van der Waals surface area contributed by atoms with Gasteiger partial charge in [0.25, 0.3) is 0 Å². The summed E-state index contributed by atoms with van der Waals surface area (Å²) >= 11 is 0. The highest BCUT2D eigenvalue weighted by Gasteiger charge is 2.43. The maximum absolute atomic E-state index is 13.9. The van der Waals surface area contributed by atoms with Gasteiger partial charge in [-0.15, -0.1) is 0 Å². The Labute approximate surface area is 237 Å². The first kappa shape index (κ1) is 30.4. The Hall–Kier alpha value is -3.57. The number of halogens is 3. The van der Waals surface area contributed by atoms with E-state index in [-0.39, 0.29) is 19.5 Å². The second kappa shape index (κ2) is 11.7. The number of fused-ring (bicyclic) bond motifs is 1. The van der Waals surface area contributed by atoms with Crippen LogP contribution in [0.2, 0.25) is 0 Å². The normalized spacial score (nSPS) is 18.7. The Balaban J connectivity index is 1.78. The fourth-order valence-electron chi connectivity index (χ4n) is 5.31. The Morgan fingerprint density at radius 2 is 1.76 bits per heavy atom. The van der Waals surface area contributed by atoms with Crippen LogP contribution in [0.1, 0.15) is 60.3 Å². The number of nitrogens with one attached hydrogen (secondary N) is 1. The lowest BCUT2D eigenvalue weighted by Gasteiger charge is -2.32. The fourth-order valence-corrected chi connectivity index (χ4v) is 5.31. The first-order valence-corrected chi connectivity index (χ1v) is 13.4. The molecular weight excluding hydrogens is 539 g/mol. The molecule has 0 saturated carbocycles. The molecule has 3 aromatic rings. The molecule has 1 fully saturated rings. The van der Waals surface area contributed by atoms with Crippen molar-refractivity contribution < 1.29 is 37.0 Å². The molecule has 1 aromatic heterocycles. The quantitative estimate of drug-likeness (QED) is 0.374. The number of methoxy groups -OCH3 is 2. The minimum Gasteiger partial charge on any atom is -0.496 e. The van der Waals surface area contributed by atoms with Crippen molar-refractivity contribution in [2.24, 2.45) is 0 Å². The number of nitrogens with zero attached hydrogens (tertiary/aromatic N) is 2. The van der Waals surface area contributed by atoms with Crippen LogP contribution in [0.4, 0.5) is 18.0 Å². The van der Waals surface area contributed by atoms with Crippen molar-refractivity contribution in [3.05, 3.63) is 64.8 Å². The van der Waals surface area contributed by atoms with Gasteiger partial charge in [0.15, 0.2) is 0 Å². The lowest BCUT2D eigenvalue weighted by atomic mass is 9.95. The van der Waals surface area contributed by atoms with Crippen molar-refractivity contribution in [2.75, 3.05) is 27.3 Å². The molecule has 2 unspecified atom stereocenters. The van der Waals surface area contributed by atoms with Crippen molar-refractivity contribution in [1.29, 1.82) is 0 Å². The average molecular weight is 576 g/mol. The summed E-state index contributed by atoms with van der Waals surface area (Å²) in [6.07, 6.45) is -3.54. The van der Waals surface area contributed by atoms with Crippen LogP contribution in [0, 0.1) is 6.92 Å². The molecule has 1 aliphatic heterocycles. The van der Waals surface area contributed by atoms with Crippen LogP contribution in [0.3, 0.4) is 0 Å². The van der Waals surface area contributed by atoms with Gasteiger partial charge in [-0.1, -0.05) is 12.1 Å². The van der Waals surface area contributed by atoms with Gasteiger partial charge in [-0.25, -0.2) is 9.59 Å². The third-order valence-corrected chi connectivity index (χ3v) is 7.20. The molecule has 222 valence electrons. The Morgan fingerprint density at radius 1 is 1.07 bits per heavy atom. The second-order valence-electron chi connectivity index (χ2n) is 11.2. The van der Waals surface area contributed by atoms with E-state index in [1.54, 1.807) is 64.4 Å². The van der Waals surface area contributed by atoms with Gasteiger partial charge < -0.3 is 19.5 Å². The van der Waals surface area contributed by atoms with E-state index < -0.39 is 35.9 Å². The predicted octanol–water partition coefficient (Wildman–Crippen LogP) is 6.00. The van der Waals surface area contributed by atoms with Crippen LogP contribution in [0.15, 0.2) is 42.6 Å². The summed E-state index contributed by atoms with van der Waals surface area (Å²) in [5.74, 6) is 0.0479. The van der Waals surface area contributed by atoms with Crippen molar-refractivity contribution >= 4 is 23.0 Å². The number of aryl methyl sites for hydroxylation is 1. The molecule has 8 nitrogen and oxygen atoms in total. The molecule has 0 amide bonds. The number of rotatable bonds is 5. The van der Waals surface area contributed by atoms with Gasteiger partial charge in [0, 0.05) is 42.8 Å². The molecule has 1 saturated heterocycles.